The number of thiazole rings is 1. The molecule has 1 saturated heterocycles. The lowest BCUT2D eigenvalue weighted by Gasteiger charge is -2.32. The fourth-order valence-electron chi connectivity index (χ4n) is 3.20. The van der Waals surface area contributed by atoms with Gasteiger partial charge in [0, 0.05) is 55.1 Å². The van der Waals surface area contributed by atoms with Crippen molar-refractivity contribution in [1.82, 2.24) is 18.1 Å². The number of rotatable bonds is 5. The van der Waals surface area contributed by atoms with Gasteiger partial charge < -0.3 is 15.5 Å². The molecule has 1 aliphatic rings. The molecular weight excluding hydrogens is 549 g/mol. The third-order valence-electron chi connectivity index (χ3n) is 4.80. The molecule has 1 amide bonds. The van der Waals surface area contributed by atoms with Crippen LogP contribution < -0.4 is 15.5 Å². The predicted octanol–water partition coefficient (Wildman–Crippen LogP) is 4.67. The van der Waals surface area contributed by atoms with Crippen LogP contribution in [0, 0.1) is 13.8 Å². The molecule has 0 unspecified atom stereocenters. The molecule has 11 heteroatoms. The lowest BCUT2D eigenvalue weighted by molar-refractivity contribution is 0.103. The number of aromatic nitrogens is 3. The second kappa shape index (κ2) is 9.63. The zero-order chi connectivity index (χ0) is 22.0. The van der Waals surface area contributed by atoms with E-state index >= 15 is 0 Å². The number of piperazine rings is 1. The molecule has 0 aliphatic carbocycles. The number of benzene rings is 1. The van der Waals surface area contributed by atoms with E-state index in [4.69, 9.17) is 11.6 Å². The van der Waals surface area contributed by atoms with Crippen molar-refractivity contribution in [3.8, 4) is 0 Å². The molecule has 31 heavy (non-hydrogen) atoms. The molecule has 0 atom stereocenters. The molecule has 1 fully saturated rings. The molecule has 162 valence electrons. The second-order valence-electron chi connectivity index (χ2n) is 7.10. The topological polar surface area (TPSA) is 86.3 Å². The molecule has 0 bridgehead atoms. The van der Waals surface area contributed by atoms with Gasteiger partial charge in [-0.2, -0.15) is 0 Å². The first kappa shape index (κ1) is 22.2. The molecule has 1 aliphatic heterocycles. The van der Waals surface area contributed by atoms with E-state index in [0.29, 0.717) is 32.4 Å². The number of nitrogens with one attached hydrogen (secondary N) is 2. The molecule has 8 nitrogen and oxygen atoms in total. The maximum absolute atomic E-state index is 12.7. The largest absolute Gasteiger partial charge is 0.354 e. The molecule has 3 heterocycles. The van der Waals surface area contributed by atoms with Crippen LogP contribution in [0.5, 0.6) is 0 Å². The van der Waals surface area contributed by atoms with E-state index in [2.05, 4.69) is 56.5 Å². The van der Waals surface area contributed by atoms with Gasteiger partial charge in [-0.05, 0) is 25.5 Å². The first-order chi connectivity index (χ1) is 14.9. The molecular formula is C20H21ClIN7OS. The summed E-state index contributed by atoms with van der Waals surface area (Å²) < 4.78 is 2.27. The standard InChI is InChI=1S/C20H21ClIN7OS/c1-12-4-3-5-14(21)18(12)27-19(30)15-11-23-20(31-15)26-16-10-17(25-13(2)24-16)28-6-8-29(22)9-7-28/h3-5,10-11H,6-9H2,1-2H3,(H,27,30)(H,23,24,25,26). The highest BCUT2D eigenvalue weighted by molar-refractivity contribution is 14.1. The van der Waals surface area contributed by atoms with Crippen molar-refractivity contribution >= 4 is 74.2 Å². The quantitative estimate of drug-likeness (QED) is 0.341. The summed E-state index contributed by atoms with van der Waals surface area (Å²) >= 11 is 9.82. The summed E-state index contributed by atoms with van der Waals surface area (Å²) in [6.45, 7) is 7.58. The van der Waals surface area contributed by atoms with Gasteiger partial charge in [0.25, 0.3) is 5.91 Å². The first-order valence-electron chi connectivity index (χ1n) is 9.70. The fraction of sp³-hybridized carbons (Fsp3) is 0.300. The molecule has 0 spiro atoms. The fourth-order valence-corrected chi connectivity index (χ4v) is 4.62. The second-order valence-corrected chi connectivity index (χ2v) is 9.90. The lowest BCUT2D eigenvalue weighted by atomic mass is 10.2. The van der Waals surface area contributed by atoms with E-state index in [-0.39, 0.29) is 5.91 Å². The minimum atomic E-state index is -0.252. The smallest absolute Gasteiger partial charge is 0.267 e. The van der Waals surface area contributed by atoms with Gasteiger partial charge in [0.15, 0.2) is 5.13 Å². The van der Waals surface area contributed by atoms with Crippen LogP contribution in [0.3, 0.4) is 0 Å². The summed E-state index contributed by atoms with van der Waals surface area (Å²) in [5.74, 6) is 1.98. The van der Waals surface area contributed by atoms with Crippen LogP contribution in [-0.2, 0) is 0 Å². The summed E-state index contributed by atoms with van der Waals surface area (Å²) in [7, 11) is 0. The van der Waals surface area contributed by atoms with Gasteiger partial charge in [-0.1, -0.05) is 35.1 Å². The summed E-state index contributed by atoms with van der Waals surface area (Å²) in [5, 5.41) is 7.17. The average molecular weight is 570 g/mol. The molecule has 3 aromatic rings. The van der Waals surface area contributed by atoms with Crippen molar-refractivity contribution < 1.29 is 4.79 Å². The monoisotopic (exact) mass is 569 g/mol. The van der Waals surface area contributed by atoms with Crippen LogP contribution in [0.2, 0.25) is 5.02 Å². The number of halogens is 2. The van der Waals surface area contributed by atoms with E-state index in [1.165, 1.54) is 11.3 Å². The Labute approximate surface area is 203 Å². The molecule has 0 saturated carbocycles. The van der Waals surface area contributed by atoms with E-state index in [0.717, 1.165) is 37.6 Å². The summed E-state index contributed by atoms with van der Waals surface area (Å²) in [6, 6.07) is 7.42. The van der Waals surface area contributed by atoms with E-state index in [1.54, 1.807) is 12.3 Å². The van der Waals surface area contributed by atoms with Crippen LogP contribution in [0.1, 0.15) is 21.1 Å². The van der Waals surface area contributed by atoms with Crippen LogP contribution in [-0.4, -0.2) is 50.2 Å². The number of nitrogens with zero attached hydrogens (tertiary/aromatic N) is 5. The minimum Gasteiger partial charge on any atom is -0.354 e. The maximum atomic E-state index is 12.7. The molecule has 0 radical (unpaired) electrons. The number of anilines is 4. The Morgan fingerprint density at radius 3 is 2.71 bits per heavy atom. The lowest BCUT2D eigenvalue weighted by Crippen LogP contribution is -2.42. The number of carbonyl (C=O) groups excluding carboxylic acids is 1. The third kappa shape index (κ3) is 5.43. The zero-order valence-corrected chi connectivity index (χ0v) is 20.8. The normalized spacial score (nSPS) is 14.5. The Morgan fingerprint density at radius 2 is 1.97 bits per heavy atom. The van der Waals surface area contributed by atoms with Gasteiger partial charge in [0.05, 0.1) is 16.9 Å². The van der Waals surface area contributed by atoms with Crippen LogP contribution in [0.4, 0.5) is 22.5 Å². The van der Waals surface area contributed by atoms with Crippen LogP contribution in [0.15, 0.2) is 30.5 Å². The summed E-state index contributed by atoms with van der Waals surface area (Å²) in [5.41, 5.74) is 1.51. The molecule has 1 aromatic carbocycles. The predicted molar refractivity (Wildman–Crippen MR) is 134 cm³/mol. The Kier molecular flexibility index (Phi) is 6.89. The van der Waals surface area contributed by atoms with Crippen molar-refractivity contribution in [2.75, 3.05) is 41.7 Å². The van der Waals surface area contributed by atoms with Crippen molar-refractivity contribution in [3.63, 3.8) is 0 Å². The third-order valence-corrected chi connectivity index (χ3v) is 6.99. The van der Waals surface area contributed by atoms with Gasteiger partial charge in [0.1, 0.15) is 22.3 Å². The van der Waals surface area contributed by atoms with Crippen molar-refractivity contribution in [2.24, 2.45) is 0 Å². The molecule has 2 N–H and O–H groups in total. The SMILES string of the molecule is Cc1nc(Nc2ncc(C(=O)Nc3c(C)cccc3Cl)s2)cc(N2CCN(I)CC2)n1. The number of para-hydroxylation sites is 1. The van der Waals surface area contributed by atoms with Gasteiger partial charge >= 0.3 is 0 Å². The highest BCUT2D eigenvalue weighted by Gasteiger charge is 2.18. The van der Waals surface area contributed by atoms with Gasteiger partial charge in [0.2, 0.25) is 0 Å². The van der Waals surface area contributed by atoms with Gasteiger partial charge in [-0.3, -0.25) is 4.79 Å². The van der Waals surface area contributed by atoms with Gasteiger partial charge in [-0.15, -0.1) is 0 Å². The van der Waals surface area contributed by atoms with Crippen LogP contribution in [0.25, 0.3) is 0 Å². The Bertz CT molecular complexity index is 1080. The zero-order valence-electron chi connectivity index (χ0n) is 17.0. The Balaban J connectivity index is 1.47. The van der Waals surface area contributed by atoms with E-state index in [1.807, 2.05) is 32.0 Å². The summed E-state index contributed by atoms with van der Waals surface area (Å²) in [6.07, 6.45) is 1.54. The van der Waals surface area contributed by atoms with Crippen LogP contribution >= 0.6 is 45.8 Å². The number of hydrogen-bond donors (Lipinski definition) is 2. The number of amides is 1. The minimum absolute atomic E-state index is 0.252. The van der Waals surface area contributed by atoms with Crippen molar-refractivity contribution in [1.29, 1.82) is 0 Å². The Morgan fingerprint density at radius 1 is 1.19 bits per heavy atom. The van der Waals surface area contributed by atoms with Crippen molar-refractivity contribution in [3.05, 3.63) is 51.7 Å². The van der Waals surface area contributed by atoms with Crippen molar-refractivity contribution in [2.45, 2.75) is 13.8 Å². The molecule has 2 aromatic heterocycles. The summed E-state index contributed by atoms with van der Waals surface area (Å²) in [4.78, 5) is 28.8. The number of carbonyl (C=O) groups is 1. The number of hydrogen-bond acceptors (Lipinski definition) is 8. The highest BCUT2D eigenvalue weighted by Crippen LogP contribution is 2.28. The average Bonchev–Trinajstić information content (AvgIpc) is 3.19. The maximum Gasteiger partial charge on any atom is 0.267 e. The first-order valence-corrected chi connectivity index (χ1v) is 11.9. The highest BCUT2D eigenvalue weighted by atomic mass is 127. The Hall–Kier alpha value is -2.02. The molecule has 4 rings (SSSR count). The van der Waals surface area contributed by atoms with E-state index < -0.39 is 0 Å². The number of aryl methyl sites for hydroxylation is 2. The van der Waals surface area contributed by atoms with Gasteiger partial charge in [-0.25, -0.2) is 18.1 Å². The van der Waals surface area contributed by atoms with E-state index in [9.17, 15) is 4.79 Å².